The van der Waals surface area contributed by atoms with Gasteiger partial charge in [0.25, 0.3) is 0 Å². The van der Waals surface area contributed by atoms with Crippen molar-refractivity contribution in [2.45, 2.75) is 31.3 Å². The highest BCUT2D eigenvalue weighted by Crippen LogP contribution is 2.35. The molecule has 16 heteroatoms. The van der Waals surface area contributed by atoms with Crippen molar-refractivity contribution in [3.05, 3.63) is 48.3 Å². The van der Waals surface area contributed by atoms with E-state index in [1.54, 1.807) is 25.1 Å². The van der Waals surface area contributed by atoms with Gasteiger partial charge in [-0.05, 0) is 47.7 Å². The van der Waals surface area contributed by atoms with Gasteiger partial charge in [0.15, 0.2) is 0 Å². The average Bonchev–Trinajstić information content (AvgIpc) is 3.22. The molecular weight excluding hydrogens is 557 g/mol. The Morgan fingerprint density at radius 3 is 2.55 bits per heavy atom. The number of fused-ring (bicyclic) bond motifs is 1. The molecule has 4 rings (SSSR count). The third kappa shape index (κ3) is 5.95. The van der Waals surface area contributed by atoms with Gasteiger partial charge in [0.2, 0.25) is 16.8 Å². The van der Waals surface area contributed by atoms with Crippen LogP contribution in [0.25, 0.3) is 10.8 Å². The summed E-state index contributed by atoms with van der Waals surface area (Å²) >= 11 is 0. The number of thiol groups is 1. The number of hydrogen-bond donors (Lipinski definition) is 3. The molecule has 1 saturated heterocycles. The number of ether oxygens (including phenoxy) is 1. The van der Waals surface area contributed by atoms with E-state index in [1.165, 1.54) is 30.6 Å². The van der Waals surface area contributed by atoms with Gasteiger partial charge < -0.3 is 25.4 Å². The Hall–Kier alpha value is -4.34. The Labute approximate surface area is 227 Å². The topological polar surface area (TPSA) is 159 Å². The Morgan fingerprint density at radius 1 is 1.25 bits per heavy atom. The summed E-state index contributed by atoms with van der Waals surface area (Å²) in [5, 5.41) is 10.5. The van der Waals surface area contributed by atoms with Gasteiger partial charge in [-0.1, -0.05) is 0 Å². The molecule has 0 saturated carbocycles. The van der Waals surface area contributed by atoms with Gasteiger partial charge in [0, 0.05) is 38.6 Å². The summed E-state index contributed by atoms with van der Waals surface area (Å²) < 4.78 is 69.0. The van der Waals surface area contributed by atoms with E-state index < -0.39 is 53.4 Å². The van der Waals surface area contributed by atoms with E-state index in [0.29, 0.717) is 11.2 Å². The maximum absolute atomic E-state index is 13.4. The van der Waals surface area contributed by atoms with Gasteiger partial charge in [-0.3, -0.25) is 9.10 Å². The molecule has 0 bridgehead atoms. The first-order valence-electron chi connectivity index (χ1n) is 11.8. The lowest BCUT2D eigenvalue weighted by Crippen LogP contribution is -2.48. The second kappa shape index (κ2) is 11.0. The zero-order valence-corrected chi connectivity index (χ0v) is 22.1. The number of carbonyl (C=O) groups excluding carboxylic acids is 1. The van der Waals surface area contributed by atoms with Crippen LogP contribution < -0.4 is 19.7 Å². The molecule has 0 radical (unpaired) electrons. The molecule has 1 amide bonds. The zero-order chi connectivity index (χ0) is 29.4. The molecule has 3 aromatic rings. The first-order chi connectivity index (χ1) is 18.8. The molecule has 3 heterocycles. The van der Waals surface area contributed by atoms with Gasteiger partial charge in [-0.15, -0.1) is 13.2 Å². The maximum Gasteiger partial charge on any atom is 0.573 e. The van der Waals surface area contributed by atoms with Crippen molar-refractivity contribution >= 4 is 50.9 Å². The first kappa shape index (κ1) is 28.7. The summed E-state index contributed by atoms with van der Waals surface area (Å²) in [6.07, 6.45) is -3.08. The molecule has 2 atom stereocenters. The number of benzene rings is 1. The van der Waals surface area contributed by atoms with E-state index in [4.69, 9.17) is 5.73 Å². The molecule has 0 aliphatic carbocycles. The van der Waals surface area contributed by atoms with E-state index in [-0.39, 0.29) is 35.4 Å². The van der Waals surface area contributed by atoms with Gasteiger partial charge in [0.05, 0.1) is 11.9 Å². The molecule has 12 nitrogen and oxygen atoms in total. The van der Waals surface area contributed by atoms with E-state index in [0.717, 1.165) is 15.3 Å². The lowest BCUT2D eigenvalue weighted by Gasteiger charge is -2.28. The molecule has 1 aliphatic rings. The molecule has 1 aliphatic heterocycles. The van der Waals surface area contributed by atoms with Crippen molar-refractivity contribution in [2.24, 2.45) is 0 Å². The van der Waals surface area contributed by atoms with Crippen LogP contribution in [0.5, 0.6) is 5.75 Å². The lowest BCUT2D eigenvalue weighted by molar-refractivity contribution is -0.274. The average molecular weight is 583 g/mol. The minimum Gasteiger partial charge on any atom is -0.480 e. The normalized spacial score (nSPS) is 16.4. The molecule has 1 aromatic carbocycles. The number of pyridine rings is 2. The Kier molecular flexibility index (Phi) is 7.91. The van der Waals surface area contributed by atoms with Crippen LogP contribution in [-0.2, 0) is 26.9 Å². The van der Waals surface area contributed by atoms with Crippen LogP contribution in [0.1, 0.15) is 12.0 Å². The van der Waals surface area contributed by atoms with Crippen molar-refractivity contribution in [2.75, 3.05) is 35.6 Å². The minimum absolute atomic E-state index is 0.0484. The predicted molar refractivity (Wildman–Crippen MR) is 139 cm³/mol. The number of carbonyl (C=O) groups is 2. The van der Waals surface area contributed by atoms with E-state index in [1.807, 2.05) is 0 Å². The number of alkyl halides is 3. The van der Waals surface area contributed by atoms with Crippen LogP contribution in [0.2, 0.25) is 0 Å². The third-order valence-electron chi connectivity index (χ3n) is 6.41. The van der Waals surface area contributed by atoms with Crippen LogP contribution in [0.4, 0.5) is 30.5 Å². The monoisotopic (exact) mass is 582 g/mol. The summed E-state index contributed by atoms with van der Waals surface area (Å²) in [5.74, 6) is -2.50. The molecule has 0 spiro atoms. The van der Waals surface area contributed by atoms with Crippen molar-refractivity contribution in [1.82, 2.24) is 14.9 Å². The number of rotatable bonds is 9. The molecular formula is C24H25F3N6O6S. The zero-order valence-electron chi connectivity index (χ0n) is 21.2. The number of anilines is 3. The first-order valence-corrected chi connectivity index (χ1v) is 12.9. The Balaban J connectivity index is 1.67. The van der Waals surface area contributed by atoms with Crippen LogP contribution in [0.3, 0.4) is 0 Å². The maximum atomic E-state index is 13.4. The number of amides is 1. The van der Waals surface area contributed by atoms with Crippen LogP contribution in [-0.4, -0.2) is 79.4 Å². The van der Waals surface area contributed by atoms with Gasteiger partial charge >= 0.3 is 12.3 Å². The number of nitrogens with zero attached hydrogens (tertiary/aromatic N) is 5. The van der Waals surface area contributed by atoms with Gasteiger partial charge in [-0.2, -0.15) is 0 Å². The summed E-state index contributed by atoms with van der Waals surface area (Å²) in [6, 6.07) is 3.94. The van der Waals surface area contributed by atoms with Crippen LogP contribution in [0, 0.1) is 0 Å². The number of carboxylic acid groups (broad SMARTS) is 1. The Bertz CT molecular complexity index is 1510. The largest absolute Gasteiger partial charge is 0.573 e. The van der Waals surface area contributed by atoms with Gasteiger partial charge in [-0.25, -0.2) is 23.2 Å². The molecule has 3 N–H and O–H groups in total. The predicted octanol–water partition coefficient (Wildman–Crippen LogP) is 1.81. The van der Waals surface area contributed by atoms with Crippen molar-refractivity contribution < 1.29 is 41.0 Å². The highest BCUT2D eigenvalue weighted by atomic mass is 32.2. The lowest BCUT2D eigenvalue weighted by atomic mass is 10.00. The summed E-state index contributed by atoms with van der Waals surface area (Å²) in [6.45, 7) is -0.150. The standard InChI is InChI=1S/C24H25F3N6O6S/c1-31(2)20-4-3-15(12-30-20)33(40(37)38)17-6-8-32(22(17)34)18(23(35)36)10-14-9-13-5-7-29-21(28)16(13)11-19(14)39-24(25,26)27/h3-5,7,9,11-12,17-18,40H,6,8,10H2,1-2H3,(H2,28,29)(H,35,36)/t17-,18+/m0/s1. The fraction of sp³-hybridized carbons (Fsp3) is 0.333. The van der Waals surface area contributed by atoms with Crippen LogP contribution in [0.15, 0.2) is 42.7 Å². The smallest absolute Gasteiger partial charge is 0.480 e. The quantitative estimate of drug-likeness (QED) is 0.318. The summed E-state index contributed by atoms with van der Waals surface area (Å²) in [5.41, 5.74) is 5.75. The van der Waals surface area contributed by atoms with Crippen molar-refractivity contribution in [1.29, 1.82) is 0 Å². The molecule has 214 valence electrons. The van der Waals surface area contributed by atoms with Gasteiger partial charge in [0.1, 0.15) is 29.5 Å². The second-order valence-corrected chi connectivity index (χ2v) is 10.1. The Morgan fingerprint density at radius 2 is 1.98 bits per heavy atom. The number of aromatic nitrogens is 2. The summed E-state index contributed by atoms with van der Waals surface area (Å²) in [7, 11) is 0.155. The van der Waals surface area contributed by atoms with E-state index in [2.05, 4.69) is 14.7 Å². The molecule has 40 heavy (non-hydrogen) atoms. The number of likely N-dealkylation sites (tertiary alicyclic amines) is 1. The van der Waals surface area contributed by atoms with Crippen molar-refractivity contribution in [3.8, 4) is 5.75 Å². The van der Waals surface area contributed by atoms with Crippen molar-refractivity contribution in [3.63, 3.8) is 0 Å². The fourth-order valence-electron chi connectivity index (χ4n) is 4.58. The number of aliphatic carboxylic acids is 1. The number of carboxylic acids is 1. The SMILES string of the molecule is CN(C)c1ccc(N([C@H]2CCN([C@H](Cc3cc4ccnc(N)c4cc3OC(F)(F)F)C(=O)O)C2=O)[SH](=O)=O)cn1. The molecule has 0 unspecified atom stereocenters. The summed E-state index contributed by atoms with van der Waals surface area (Å²) in [4.78, 5) is 36.3. The highest BCUT2D eigenvalue weighted by molar-refractivity contribution is 7.74. The number of halogens is 3. The molecule has 2 aromatic heterocycles. The number of nitrogens with two attached hydrogens (primary N) is 1. The fourth-order valence-corrected chi connectivity index (χ4v) is 5.33. The van der Waals surface area contributed by atoms with Crippen LogP contribution >= 0.6 is 0 Å². The van der Waals surface area contributed by atoms with E-state index >= 15 is 0 Å². The minimum atomic E-state index is -5.09. The number of nitrogen functional groups attached to an aromatic ring is 1. The van der Waals surface area contributed by atoms with E-state index in [9.17, 15) is 36.3 Å². The second-order valence-electron chi connectivity index (χ2n) is 9.17. The molecule has 1 fully saturated rings. The highest BCUT2D eigenvalue weighted by Gasteiger charge is 2.43. The number of hydrogen-bond acceptors (Lipinski definition) is 9. The third-order valence-corrected chi connectivity index (χ3v) is 7.28.